The van der Waals surface area contributed by atoms with Crippen LogP contribution in [0.5, 0.6) is 0 Å². The van der Waals surface area contributed by atoms with Crippen molar-refractivity contribution in [2.24, 2.45) is 0 Å². The zero-order valence-electron chi connectivity index (χ0n) is 15.5. The van der Waals surface area contributed by atoms with Crippen molar-refractivity contribution in [3.63, 3.8) is 0 Å². The number of rotatable bonds is 4. The number of non-ortho nitro benzene ring substituents is 1. The van der Waals surface area contributed by atoms with Gasteiger partial charge in [-0.1, -0.05) is 24.3 Å². The summed E-state index contributed by atoms with van der Waals surface area (Å²) in [7, 11) is 0. The van der Waals surface area contributed by atoms with Crippen LogP contribution in [0, 0.1) is 15.9 Å². The molecule has 1 fully saturated rings. The van der Waals surface area contributed by atoms with Crippen molar-refractivity contribution in [3.05, 3.63) is 69.5 Å². The summed E-state index contributed by atoms with van der Waals surface area (Å²) in [6.07, 6.45) is 3.23. The van der Waals surface area contributed by atoms with Crippen molar-refractivity contribution in [1.82, 2.24) is 4.90 Å². The number of halogens is 1. The van der Waals surface area contributed by atoms with Gasteiger partial charge in [-0.05, 0) is 43.9 Å². The minimum Gasteiger partial charge on any atom is -0.311 e. The Morgan fingerprint density at radius 2 is 2.00 bits per heavy atom. The lowest BCUT2D eigenvalue weighted by Crippen LogP contribution is -2.47. The maximum absolute atomic E-state index is 14.1. The second-order valence-corrected chi connectivity index (χ2v) is 7.38. The molecule has 1 amide bonds. The van der Waals surface area contributed by atoms with Gasteiger partial charge in [0.2, 0.25) is 5.91 Å². The number of hydrogen-bond acceptors (Lipinski definition) is 4. The van der Waals surface area contributed by atoms with E-state index in [1.807, 2.05) is 4.90 Å². The van der Waals surface area contributed by atoms with Gasteiger partial charge in [0.05, 0.1) is 16.7 Å². The van der Waals surface area contributed by atoms with Crippen LogP contribution in [0.1, 0.15) is 30.4 Å². The van der Waals surface area contributed by atoms with Gasteiger partial charge in [0.15, 0.2) is 0 Å². The monoisotopic (exact) mass is 383 g/mol. The van der Waals surface area contributed by atoms with E-state index in [4.69, 9.17) is 0 Å². The van der Waals surface area contributed by atoms with Crippen molar-refractivity contribution in [1.29, 1.82) is 0 Å². The zero-order valence-corrected chi connectivity index (χ0v) is 15.5. The number of nitro benzene ring substituents is 1. The lowest BCUT2D eigenvalue weighted by atomic mass is 10.00. The fraction of sp³-hybridized carbons (Fsp3) is 0.381. The zero-order chi connectivity index (χ0) is 19.7. The molecule has 2 aliphatic heterocycles. The van der Waals surface area contributed by atoms with Crippen LogP contribution in [-0.4, -0.2) is 34.9 Å². The van der Waals surface area contributed by atoms with Crippen molar-refractivity contribution in [2.75, 3.05) is 18.0 Å². The van der Waals surface area contributed by atoms with Crippen LogP contribution in [0.25, 0.3) is 0 Å². The predicted molar refractivity (Wildman–Crippen MR) is 104 cm³/mol. The summed E-state index contributed by atoms with van der Waals surface area (Å²) in [6.45, 7) is 1.68. The van der Waals surface area contributed by atoms with Gasteiger partial charge in [-0.25, -0.2) is 4.39 Å². The maximum Gasteiger partial charge on any atom is 0.271 e. The lowest BCUT2D eigenvalue weighted by Gasteiger charge is -2.34. The maximum atomic E-state index is 14.1. The molecule has 4 rings (SSSR count). The highest BCUT2D eigenvalue weighted by molar-refractivity contribution is 5.98. The summed E-state index contributed by atoms with van der Waals surface area (Å²) in [5.74, 6) is -0.310. The van der Waals surface area contributed by atoms with Crippen molar-refractivity contribution in [2.45, 2.75) is 38.3 Å². The molecule has 2 aromatic carbocycles. The van der Waals surface area contributed by atoms with Crippen LogP contribution in [-0.2, 0) is 17.8 Å². The van der Waals surface area contributed by atoms with Crippen molar-refractivity contribution in [3.8, 4) is 0 Å². The summed E-state index contributed by atoms with van der Waals surface area (Å²) >= 11 is 0. The first kappa shape index (κ1) is 18.6. The molecule has 2 aliphatic rings. The van der Waals surface area contributed by atoms with E-state index in [1.54, 1.807) is 29.2 Å². The Morgan fingerprint density at radius 3 is 2.79 bits per heavy atom. The number of anilines is 1. The summed E-state index contributed by atoms with van der Waals surface area (Å²) in [5, 5.41) is 11.2. The molecular formula is C21H22FN3O3. The molecule has 0 radical (unpaired) electrons. The minimum atomic E-state index is -0.433. The van der Waals surface area contributed by atoms with Crippen LogP contribution >= 0.6 is 0 Å². The van der Waals surface area contributed by atoms with Crippen LogP contribution in [0.4, 0.5) is 15.8 Å². The van der Waals surface area contributed by atoms with Crippen molar-refractivity contribution < 1.29 is 14.1 Å². The number of nitro groups is 1. The van der Waals surface area contributed by atoms with Gasteiger partial charge in [0, 0.05) is 30.8 Å². The average Bonchev–Trinajstić information content (AvgIpc) is 3.16. The Balaban J connectivity index is 1.58. The summed E-state index contributed by atoms with van der Waals surface area (Å²) in [5.41, 5.74) is 2.18. The lowest BCUT2D eigenvalue weighted by molar-refractivity contribution is -0.384. The van der Waals surface area contributed by atoms with E-state index >= 15 is 0 Å². The number of likely N-dealkylation sites (tertiary alicyclic amines) is 1. The first-order chi connectivity index (χ1) is 13.5. The molecular weight excluding hydrogens is 361 g/mol. The quantitative estimate of drug-likeness (QED) is 0.597. The topological polar surface area (TPSA) is 66.7 Å². The molecule has 28 heavy (non-hydrogen) atoms. The molecule has 1 unspecified atom stereocenters. The fourth-order valence-corrected chi connectivity index (χ4v) is 4.23. The van der Waals surface area contributed by atoms with E-state index in [0.29, 0.717) is 30.8 Å². The van der Waals surface area contributed by atoms with Gasteiger partial charge in [-0.2, -0.15) is 0 Å². The second-order valence-electron chi connectivity index (χ2n) is 7.38. The second kappa shape index (κ2) is 7.67. The average molecular weight is 383 g/mol. The summed E-state index contributed by atoms with van der Waals surface area (Å²) in [4.78, 5) is 27.8. The van der Waals surface area contributed by atoms with E-state index in [9.17, 15) is 19.3 Å². The Morgan fingerprint density at radius 1 is 1.18 bits per heavy atom. The number of aryl methyl sites for hydroxylation is 1. The Bertz CT molecular complexity index is 918. The summed E-state index contributed by atoms with van der Waals surface area (Å²) in [6, 6.07) is 11.0. The van der Waals surface area contributed by atoms with Crippen LogP contribution in [0.15, 0.2) is 42.5 Å². The highest BCUT2D eigenvalue weighted by Crippen LogP contribution is 2.33. The molecule has 6 nitrogen and oxygen atoms in total. The van der Waals surface area contributed by atoms with E-state index in [0.717, 1.165) is 31.4 Å². The normalized spacial score (nSPS) is 19.5. The number of nitrogens with zero attached hydrogens (tertiary/aromatic N) is 3. The van der Waals surface area contributed by atoms with Crippen LogP contribution < -0.4 is 4.90 Å². The smallest absolute Gasteiger partial charge is 0.271 e. The van der Waals surface area contributed by atoms with Gasteiger partial charge in [0.25, 0.3) is 5.69 Å². The van der Waals surface area contributed by atoms with E-state index in [-0.39, 0.29) is 23.5 Å². The minimum absolute atomic E-state index is 0.00640. The van der Waals surface area contributed by atoms with Crippen molar-refractivity contribution >= 4 is 17.3 Å². The molecule has 7 heteroatoms. The third-order valence-electron chi connectivity index (χ3n) is 5.64. The van der Waals surface area contributed by atoms with Gasteiger partial charge >= 0.3 is 0 Å². The van der Waals surface area contributed by atoms with Gasteiger partial charge < -0.3 is 4.90 Å². The third kappa shape index (κ3) is 3.49. The molecule has 146 valence electrons. The molecule has 0 bridgehead atoms. The van der Waals surface area contributed by atoms with Crippen LogP contribution in [0.2, 0.25) is 0 Å². The predicted octanol–water partition coefficient (Wildman–Crippen LogP) is 3.68. The van der Waals surface area contributed by atoms with Gasteiger partial charge in [0.1, 0.15) is 5.82 Å². The van der Waals surface area contributed by atoms with Gasteiger partial charge in [-0.3, -0.25) is 19.8 Å². The molecule has 0 aromatic heterocycles. The van der Waals surface area contributed by atoms with E-state index < -0.39 is 4.92 Å². The number of hydrogen-bond donors (Lipinski definition) is 0. The molecule has 0 spiro atoms. The van der Waals surface area contributed by atoms with E-state index in [1.165, 1.54) is 18.2 Å². The Hall–Kier alpha value is -2.80. The van der Waals surface area contributed by atoms with Gasteiger partial charge in [-0.15, -0.1) is 0 Å². The third-order valence-corrected chi connectivity index (χ3v) is 5.64. The highest BCUT2D eigenvalue weighted by atomic mass is 19.1. The first-order valence-electron chi connectivity index (χ1n) is 9.61. The van der Waals surface area contributed by atoms with E-state index in [2.05, 4.69) is 0 Å². The molecule has 1 saturated heterocycles. The van der Waals surface area contributed by atoms with Crippen LogP contribution in [0.3, 0.4) is 0 Å². The Kier molecular flexibility index (Phi) is 5.09. The molecule has 1 atom stereocenters. The summed E-state index contributed by atoms with van der Waals surface area (Å²) < 4.78 is 14.1. The number of carbonyl (C=O) groups is 1. The Labute approximate surface area is 162 Å². The molecule has 2 aromatic rings. The molecule has 2 heterocycles. The number of fused-ring (bicyclic) bond motifs is 1. The number of amides is 1. The standard InChI is InChI=1S/C21H22FN3O3/c22-18-7-2-1-5-16(18)14-23-11-4-8-19(23)21(26)24-12-3-6-15-9-10-17(25(27)28)13-20(15)24/h1-2,5,7,9-10,13,19H,3-4,6,8,11-12,14H2. The highest BCUT2D eigenvalue weighted by Gasteiger charge is 2.36. The number of carbonyl (C=O) groups excluding carboxylic acids is 1. The first-order valence-corrected chi connectivity index (χ1v) is 9.61. The molecule has 0 saturated carbocycles. The molecule has 0 N–H and O–H groups in total. The molecule has 0 aliphatic carbocycles. The number of benzene rings is 2. The SMILES string of the molecule is O=C(C1CCCN1Cc1ccccc1F)N1CCCc2ccc([N+](=O)[O-])cc21. The largest absolute Gasteiger partial charge is 0.311 e. The fourth-order valence-electron chi connectivity index (χ4n) is 4.23.